The fraction of sp³-hybridized carbons (Fsp3) is 0.435. The van der Waals surface area contributed by atoms with Gasteiger partial charge in [0.15, 0.2) is 0 Å². The highest BCUT2D eigenvalue weighted by atomic mass is 16.7. The van der Waals surface area contributed by atoms with E-state index in [1.807, 2.05) is 6.07 Å². The molecular formula is C23H28N6O4. The van der Waals surface area contributed by atoms with Crippen LogP contribution in [0.25, 0.3) is 0 Å². The maximum atomic E-state index is 12.7. The van der Waals surface area contributed by atoms with Gasteiger partial charge in [-0.05, 0) is 30.9 Å². The van der Waals surface area contributed by atoms with Crippen molar-refractivity contribution in [3.63, 3.8) is 0 Å². The van der Waals surface area contributed by atoms with Crippen LogP contribution in [0.4, 0.5) is 26.7 Å². The summed E-state index contributed by atoms with van der Waals surface area (Å²) in [7, 11) is 0. The Labute approximate surface area is 192 Å². The summed E-state index contributed by atoms with van der Waals surface area (Å²) in [4.78, 5) is 33.7. The lowest BCUT2D eigenvalue weighted by Gasteiger charge is -2.38. The van der Waals surface area contributed by atoms with Gasteiger partial charge in [-0.1, -0.05) is 33.1 Å². The van der Waals surface area contributed by atoms with E-state index in [4.69, 9.17) is 15.1 Å². The van der Waals surface area contributed by atoms with Crippen LogP contribution in [0.15, 0.2) is 30.6 Å². The Kier molecular flexibility index (Phi) is 8.02. The number of nitrogens with zero attached hydrogens (tertiary/aromatic N) is 4. The van der Waals surface area contributed by atoms with Crippen molar-refractivity contribution < 1.29 is 19.4 Å². The Morgan fingerprint density at radius 1 is 1.21 bits per heavy atom. The lowest BCUT2D eigenvalue weighted by Crippen LogP contribution is -2.40. The zero-order valence-electron chi connectivity index (χ0n) is 18.7. The van der Waals surface area contributed by atoms with Crippen molar-refractivity contribution in [2.24, 2.45) is 5.92 Å². The molecule has 0 unspecified atom stereocenters. The summed E-state index contributed by atoms with van der Waals surface area (Å²) in [5.74, 6) is 0.495. The van der Waals surface area contributed by atoms with Crippen LogP contribution in [0.1, 0.15) is 51.8 Å². The molecule has 1 fully saturated rings. The molecule has 2 aromatic rings. The standard InChI is InChI=1S/C23H28N6O4/c1-15(2)14-29(17-6-4-3-5-7-17)20-9-8-18(33-23(31)32)10-19(20)28-22(30)27-16-12-25-21(11-24)26-13-16/h8-10,12-13,15,17H,3-7,14H2,1-2H3,(H,31,32)(H2,27,28,30). The average Bonchev–Trinajstić information content (AvgIpc) is 2.78. The van der Waals surface area contributed by atoms with Gasteiger partial charge in [0.05, 0.1) is 29.5 Å². The number of carbonyl (C=O) groups excluding carboxylic acids is 1. The number of carboxylic acid groups (broad SMARTS) is 1. The molecule has 2 amide bonds. The number of hydrogen-bond donors (Lipinski definition) is 3. The molecule has 1 aliphatic rings. The fourth-order valence-corrected chi connectivity index (χ4v) is 4.00. The van der Waals surface area contributed by atoms with E-state index in [9.17, 15) is 9.59 Å². The van der Waals surface area contributed by atoms with E-state index in [1.54, 1.807) is 12.1 Å². The summed E-state index contributed by atoms with van der Waals surface area (Å²) in [6.45, 7) is 5.08. The van der Waals surface area contributed by atoms with E-state index in [1.165, 1.54) is 24.9 Å². The van der Waals surface area contributed by atoms with Crippen molar-refractivity contribution in [3.05, 3.63) is 36.4 Å². The minimum Gasteiger partial charge on any atom is -0.449 e. The number of rotatable bonds is 7. The molecule has 0 bridgehead atoms. The topological polar surface area (TPSA) is 140 Å². The van der Waals surface area contributed by atoms with Crippen LogP contribution in [0, 0.1) is 17.2 Å². The maximum absolute atomic E-state index is 12.7. The Balaban J connectivity index is 1.89. The van der Waals surface area contributed by atoms with E-state index >= 15 is 0 Å². The van der Waals surface area contributed by atoms with Gasteiger partial charge >= 0.3 is 12.2 Å². The van der Waals surface area contributed by atoms with Crippen LogP contribution in [0.3, 0.4) is 0 Å². The molecule has 0 aliphatic heterocycles. The number of hydrogen-bond acceptors (Lipinski definition) is 7. The van der Waals surface area contributed by atoms with Crippen LogP contribution in [-0.4, -0.2) is 39.8 Å². The average molecular weight is 453 g/mol. The van der Waals surface area contributed by atoms with Gasteiger partial charge in [-0.25, -0.2) is 19.6 Å². The first-order chi connectivity index (χ1) is 15.9. The molecule has 0 atom stereocenters. The molecule has 10 nitrogen and oxygen atoms in total. The van der Waals surface area contributed by atoms with Crippen LogP contribution in [0.5, 0.6) is 5.75 Å². The number of nitrogens with one attached hydrogen (secondary N) is 2. The molecule has 3 N–H and O–H groups in total. The van der Waals surface area contributed by atoms with Gasteiger partial charge in [0, 0.05) is 18.7 Å². The lowest BCUT2D eigenvalue weighted by atomic mass is 9.93. The van der Waals surface area contributed by atoms with Gasteiger partial charge in [-0.3, -0.25) is 0 Å². The quantitative estimate of drug-likeness (QED) is 0.400. The van der Waals surface area contributed by atoms with Crippen molar-refractivity contribution in [1.82, 2.24) is 9.97 Å². The SMILES string of the molecule is CC(C)CN(c1ccc(OC(=O)O)cc1NC(=O)Nc1cnc(C#N)nc1)C1CCCCC1. The molecule has 0 radical (unpaired) electrons. The molecule has 1 aromatic carbocycles. The monoisotopic (exact) mass is 452 g/mol. The highest BCUT2D eigenvalue weighted by Crippen LogP contribution is 2.36. The van der Waals surface area contributed by atoms with Crippen molar-refractivity contribution >= 4 is 29.2 Å². The maximum Gasteiger partial charge on any atom is 0.511 e. The largest absolute Gasteiger partial charge is 0.511 e. The predicted molar refractivity (Wildman–Crippen MR) is 124 cm³/mol. The molecule has 3 rings (SSSR count). The third-order valence-corrected chi connectivity index (χ3v) is 5.32. The molecule has 0 spiro atoms. The van der Waals surface area contributed by atoms with Crippen molar-refractivity contribution in [1.29, 1.82) is 5.26 Å². The fourth-order valence-electron chi connectivity index (χ4n) is 4.00. The Morgan fingerprint density at radius 2 is 1.91 bits per heavy atom. The molecule has 0 saturated heterocycles. The van der Waals surface area contributed by atoms with E-state index in [0.29, 0.717) is 23.3 Å². The van der Waals surface area contributed by atoms with Gasteiger partial charge in [-0.15, -0.1) is 0 Å². The van der Waals surface area contributed by atoms with Crippen molar-refractivity contribution in [2.45, 2.75) is 52.0 Å². The zero-order chi connectivity index (χ0) is 23.8. The molecule has 1 aliphatic carbocycles. The summed E-state index contributed by atoms with van der Waals surface area (Å²) in [6, 6.07) is 6.49. The highest BCUT2D eigenvalue weighted by molar-refractivity contribution is 6.02. The molecular weight excluding hydrogens is 424 g/mol. The molecule has 33 heavy (non-hydrogen) atoms. The minimum absolute atomic E-state index is 0.00132. The summed E-state index contributed by atoms with van der Waals surface area (Å²) in [6.07, 6.45) is 6.90. The van der Waals surface area contributed by atoms with Crippen LogP contribution >= 0.6 is 0 Å². The third kappa shape index (κ3) is 6.80. The molecule has 1 aromatic heterocycles. The Bertz CT molecular complexity index is 1010. The number of benzene rings is 1. The van der Waals surface area contributed by atoms with Gasteiger partial charge in [-0.2, -0.15) is 5.26 Å². The normalized spacial score (nSPS) is 13.8. The lowest BCUT2D eigenvalue weighted by molar-refractivity contribution is 0.144. The minimum atomic E-state index is -1.43. The van der Waals surface area contributed by atoms with Crippen LogP contribution in [0.2, 0.25) is 0 Å². The third-order valence-electron chi connectivity index (χ3n) is 5.32. The predicted octanol–water partition coefficient (Wildman–Crippen LogP) is 4.84. The zero-order valence-corrected chi connectivity index (χ0v) is 18.7. The van der Waals surface area contributed by atoms with Gasteiger partial charge in [0.2, 0.25) is 5.82 Å². The second-order valence-corrected chi connectivity index (χ2v) is 8.37. The van der Waals surface area contributed by atoms with E-state index < -0.39 is 12.2 Å². The van der Waals surface area contributed by atoms with Gasteiger partial charge in [0.25, 0.3) is 0 Å². The first kappa shape index (κ1) is 23.8. The van der Waals surface area contributed by atoms with Crippen molar-refractivity contribution in [3.8, 4) is 11.8 Å². The number of amides is 2. The first-order valence-corrected chi connectivity index (χ1v) is 11.0. The Hall–Kier alpha value is -3.87. The number of ether oxygens (including phenoxy) is 1. The smallest absolute Gasteiger partial charge is 0.449 e. The first-order valence-electron chi connectivity index (χ1n) is 11.0. The van der Waals surface area contributed by atoms with E-state index in [2.05, 4.69) is 39.3 Å². The number of urea groups is 1. The molecule has 1 saturated carbocycles. The summed E-state index contributed by atoms with van der Waals surface area (Å²) >= 11 is 0. The number of nitriles is 1. The highest BCUT2D eigenvalue weighted by Gasteiger charge is 2.25. The summed E-state index contributed by atoms with van der Waals surface area (Å²) in [5.41, 5.74) is 1.56. The summed E-state index contributed by atoms with van der Waals surface area (Å²) in [5, 5.41) is 23.3. The van der Waals surface area contributed by atoms with Crippen LogP contribution < -0.4 is 20.3 Å². The van der Waals surface area contributed by atoms with Crippen molar-refractivity contribution in [2.75, 3.05) is 22.1 Å². The number of aromatic nitrogens is 2. The van der Waals surface area contributed by atoms with Crippen LogP contribution in [-0.2, 0) is 0 Å². The Morgan fingerprint density at radius 3 is 2.52 bits per heavy atom. The van der Waals surface area contributed by atoms with E-state index in [0.717, 1.165) is 37.9 Å². The number of anilines is 3. The van der Waals surface area contributed by atoms with Gasteiger partial charge < -0.3 is 25.4 Å². The second-order valence-electron chi connectivity index (χ2n) is 8.37. The number of carbonyl (C=O) groups is 2. The molecule has 10 heteroatoms. The van der Waals surface area contributed by atoms with Gasteiger partial charge in [0.1, 0.15) is 11.8 Å². The second kappa shape index (κ2) is 11.1. The molecule has 174 valence electrons. The molecule has 1 heterocycles. The van der Waals surface area contributed by atoms with E-state index in [-0.39, 0.29) is 11.6 Å². The summed E-state index contributed by atoms with van der Waals surface area (Å²) < 4.78 is 4.82.